The van der Waals surface area contributed by atoms with Gasteiger partial charge in [0.1, 0.15) is 11.6 Å². The van der Waals surface area contributed by atoms with Crippen LogP contribution in [0.25, 0.3) is 10.9 Å². The van der Waals surface area contributed by atoms with Crippen molar-refractivity contribution >= 4 is 55.6 Å². The summed E-state index contributed by atoms with van der Waals surface area (Å²) in [5.41, 5.74) is 1.35. The Labute approximate surface area is 179 Å². The topological polar surface area (TPSA) is 56.5 Å². The van der Waals surface area contributed by atoms with E-state index >= 15 is 0 Å². The summed E-state index contributed by atoms with van der Waals surface area (Å²) >= 11 is 5.64. The van der Waals surface area contributed by atoms with Crippen LogP contribution in [0.1, 0.15) is 31.7 Å². The summed E-state index contributed by atoms with van der Waals surface area (Å²) in [4.78, 5) is 17.2. The van der Waals surface area contributed by atoms with Crippen molar-refractivity contribution in [3.05, 3.63) is 66.2 Å². The van der Waals surface area contributed by atoms with Crippen LogP contribution in [-0.2, 0) is 0 Å². The Balaban J connectivity index is 1.94. The molecule has 0 radical (unpaired) electrons. The lowest BCUT2D eigenvalue weighted by molar-refractivity contribution is 0.216. The van der Waals surface area contributed by atoms with Gasteiger partial charge in [0.05, 0.1) is 26.8 Å². The molecule has 0 unspecified atom stereocenters. The van der Waals surface area contributed by atoms with Gasteiger partial charge in [0.25, 0.3) is 5.56 Å². The molecule has 1 atom stereocenters. The van der Waals surface area contributed by atoms with E-state index in [4.69, 9.17) is 4.74 Å². The molecule has 1 heterocycles. The highest BCUT2D eigenvalue weighted by Gasteiger charge is 2.09. The molecule has 0 aliphatic rings. The minimum Gasteiger partial charge on any atom is -0.490 e. The molecule has 0 aliphatic carbocycles. The molecule has 0 spiro atoms. The van der Waals surface area contributed by atoms with Crippen LogP contribution in [-0.4, -0.2) is 22.0 Å². The largest absolute Gasteiger partial charge is 0.490 e. The summed E-state index contributed by atoms with van der Waals surface area (Å²) in [5.74, 6) is 1.39. The molecule has 5 nitrogen and oxygen atoms in total. The number of rotatable bonds is 5. The molecule has 3 rings (SSSR count). The van der Waals surface area contributed by atoms with Gasteiger partial charge in [0.15, 0.2) is 0 Å². The van der Waals surface area contributed by atoms with Gasteiger partial charge in [-0.1, -0.05) is 22.9 Å². The van der Waals surface area contributed by atoms with E-state index in [1.54, 1.807) is 19.2 Å². The molecule has 3 aromatic rings. The molecule has 27 heavy (non-hydrogen) atoms. The van der Waals surface area contributed by atoms with Gasteiger partial charge in [-0.2, -0.15) is 9.78 Å². The second-order valence-electron chi connectivity index (χ2n) is 6.21. The molecule has 0 N–H and O–H groups in total. The Morgan fingerprint density at radius 1 is 1.33 bits per heavy atom. The maximum Gasteiger partial charge on any atom is 0.282 e. The van der Waals surface area contributed by atoms with Gasteiger partial charge in [-0.15, -0.1) is 0 Å². The first-order valence-corrected chi connectivity index (χ1v) is 10.5. The molecular formula is C20H19BrIN3O2. The van der Waals surface area contributed by atoms with Crippen molar-refractivity contribution in [1.82, 2.24) is 9.66 Å². The number of halogens is 2. The van der Waals surface area contributed by atoms with E-state index < -0.39 is 0 Å². The summed E-state index contributed by atoms with van der Waals surface area (Å²) in [6.45, 7) is 5.91. The fourth-order valence-corrected chi connectivity index (χ4v) is 3.54. The Kier molecular flexibility index (Phi) is 6.31. The van der Waals surface area contributed by atoms with Crippen LogP contribution >= 0.6 is 38.5 Å². The number of ether oxygens (including phenoxy) is 1. The molecule has 0 saturated carbocycles. The molecule has 2 aromatic carbocycles. The van der Waals surface area contributed by atoms with E-state index in [2.05, 4.69) is 55.5 Å². The lowest BCUT2D eigenvalue weighted by Gasteiger charge is -2.14. The van der Waals surface area contributed by atoms with Gasteiger partial charge in [-0.25, -0.2) is 4.98 Å². The maximum absolute atomic E-state index is 12.8. The summed E-state index contributed by atoms with van der Waals surface area (Å²) in [6.07, 6.45) is 2.78. The first kappa shape index (κ1) is 20.0. The molecule has 0 fully saturated rings. The van der Waals surface area contributed by atoms with E-state index in [0.717, 1.165) is 25.8 Å². The lowest BCUT2D eigenvalue weighted by atomic mass is 10.2. The minimum absolute atomic E-state index is 0.169. The molecular weight excluding hydrogens is 521 g/mol. The lowest BCUT2D eigenvalue weighted by Crippen LogP contribution is -2.20. The van der Waals surface area contributed by atoms with Crippen LogP contribution in [0.3, 0.4) is 0 Å². The van der Waals surface area contributed by atoms with Gasteiger partial charge < -0.3 is 4.74 Å². The van der Waals surface area contributed by atoms with Crippen molar-refractivity contribution in [2.24, 2.45) is 5.10 Å². The second kappa shape index (κ2) is 8.52. The van der Waals surface area contributed by atoms with Gasteiger partial charge in [-0.05, 0) is 84.8 Å². The smallest absolute Gasteiger partial charge is 0.282 e. The van der Waals surface area contributed by atoms with E-state index in [0.29, 0.717) is 16.7 Å². The summed E-state index contributed by atoms with van der Waals surface area (Å²) in [7, 11) is 0. The zero-order chi connectivity index (χ0) is 19.6. The van der Waals surface area contributed by atoms with Crippen LogP contribution < -0.4 is 10.3 Å². The van der Waals surface area contributed by atoms with Crippen LogP contribution in [0.2, 0.25) is 0 Å². The number of aryl methyl sites for hydroxylation is 1. The van der Waals surface area contributed by atoms with Crippen molar-refractivity contribution in [1.29, 1.82) is 0 Å². The molecule has 0 amide bonds. The van der Waals surface area contributed by atoms with E-state index in [1.807, 2.05) is 37.3 Å². The number of nitrogens with zero attached hydrogens (tertiary/aromatic N) is 3. The van der Waals surface area contributed by atoms with Crippen molar-refractivity contribution in [3.8, 4) is 5.75 Å². The normalized spacial score (nSPS) is 12.6. The van der Waals surface area contributed by atoms with E-state index in [9.17, 15) is 4.79 Å². The third kappa shape index (κ3) is 4.57. The predicted octanol–water partition coefficient (Wildman–Crippen LogP) is 5.13. The van der Waals surface area contributed by atoms with Crippen LogP contribution in [0, 0.1) is 10.5 Å². The van der Waals surface area contributed by atoms with Crippen LogP contribution in [0.15, 0.2) is 50.8 Å². The molecule has 1 aromatic heterocycles. The quantitative estimate of drug-likeness (QED) is 0.333. The van der Waals surface area contributed by atoms with Gasteiger partial charge in [-0.3, -0.25) is 4.79 Å². The maximum atomic E-state index is 12.8. The highest BCUT2D eigenvalue weighted by molar-refractivity contribution is 14.1. The highest BCUT2D eigenvalue weighted by atomic mass is 127. The summed E-state index contributed by atoms with van der Waals surface area (Å²) < 4.78 is 9.05. The number of fused-ring (bicyclic) bond motifs is 1. The fraction of sp³-hybridized carbons (Fsp3) is 0.250. The summed E-state index contributed by atoms with van der Waals surface area (Å²) in [5, 5.41) is 4.89. The zero-order valence-electron chi connectivity index (χ0n) is 15.2. The Morgan fingerprint density at radius 2 is 2.11 bits per heavy atom. The van der Waals surface area contributed by atoms with Crippen molar-refractivity contribution in [2.45, 2.75) is 33.3 Å². The molecule has 0 bridgehead atoms. The average Bonchev–Trinajstić information content (AvgIpc) is 2.64. The van der Waals surface area contributed by atoms with Gasteiger partial charge >= 0.3 is 0 Å². The van der Waals surface area contributed by atoms with Gasteiger partial charge in [0, 0.05) is 4.47 Å². The SMILES string of the molecule is CC[C@H](C)Oc1ccc(C=Nn2c(C)nc3ccc(Br)cc3c2=O)cc1I. The number of hydrogen-bond acceptors (Lipinski definition) is 4. The third-order valence-corrected chi connectivity index (χ3v) is 5.49. The van der Waals surface area contributed by atoms with E-state index in [1.165, 1.54) is 4.68 Å². The number of benzene rings is 2. The Hall–Kier alpha value is -1.74. The monoisotopic (exact) mass is 539 g/mol. The highest BCUT2D eigenvalue weighted by Crippen LogP contribution is 2.23. The van der Waals surface area contributed by atoms with Crippen molar-refractivity contribution in [3.63, 3.8) is 0 Å². The first-order valence-electron chi connectivity index (χ1n) is 8.58. The molecule has 0 saturated heterocycles. The molecule has 0 aliphatic heterocycles. The zero-order valence-corrected chi connectivity index (χ0v) is 19.0. The first-order chi connectivity index (χ1) is 12.9. The molecule has 7 heteroatoms. The fourth-order valence-electron chi connectivity index (χ4n) is 2.51. The van der Waals surface area contributed by atoms with Crippen LogP contribution in [0.5, 0.6) is 5.75 Å². The van der Waals surface area contributed by atoms with Crippen LogP contribution in [0.4, 0.5) is 0 Å². The van der Waals surface area contributed by atoms with Crippen molar-refractivity contribution < 1.29 is 4.74 Å². The predicted molar refractivity (Wildman–Crippen MR) is 121 cm³/mol. The second-order valence-corrected chi connectivity index (χ2v) is 8.29. The standard InChI is InChI=1S/C20H19BrIN3O2/c1-4-12(2)27-19-8-5-14(9-17(19)22)11-23-25-13(3)24-18-7-6-15(21)10-16(18)20(25)26/h5-12H,4H2,1-3H3/t12-/m0/s1. The van der Waals surface area contributed by atoms with Crippen molar-refractivity contribution in [2.75, 3.05) is 0 Å². The minimum atomic E-state index is -0.193. The molecule has 140 valence electrons. The third-order valence-electron chi connectivity index (χ3n) is 4.15. The van der Waals surface area contributed by atoms with E-state index in [-0.39, 0.29) is 11.7 Å². The number of hydrogen-bond donors (Lipinski definition) is 0. The Bertz CT molecular complexity index is 1080. The van der Waals surface area contributed by atoms with Gasteiger partial charge in [0.2, 0.25) is 0 Å². The Morgan fingerprint density at radius 3 is 2.81 bits per heavy atom. The number of aromatic nitrogens is 2. The average molecular weight is 540 g/mol. The summed E-state index contributed by atoms with van der Waals surface area (Å²) in [6, 6.07) is 11.3.